The molecule has 0 saturated carbocycles. The van der Waals surface area contributed by atoms with Crippen LogP contribution in [0, 0.1) is 11.2 Å². The number of benzene rings is 2. The van der Waals surface area contributed by atoms with Gasteiger partial charge in [0.05, 0.1) is 11.5 Å². The van der Waals surface area contributed by atoms with Crippen molar-refractivity contribution in [2.24, 2.45) is 5.41 Å². The van der Waals surface area contributed by atoms with Gasteiger partial charge in [0, 0.05) is 18.5 Å². The molecule has 0 unspecified atom stereocenters. The number of amides is 1. The van der Waals surface area contributed by atoms with Crippen molar-refractivity contribution in [3.63, 3.8) is 0 Å². The summed E-state index contributed by atoms with van der Waals surface area (Å²) in [6, 6.07) is 15.3. The van der Waals surface area contributed by atoms with Crippen molar-refractivity contribution in [3.8, 4) is 0 Å². The van der Waals surface area contributed by atoms with E-state index < -0.39 is 29.2 Å². The SMILES string of the molecule is CC1(C)OC(=O)C(C2(Cc3ccc(F)cc3)CCN(C(=O)OCc3ccccc3)CC2)=C([O-])O1.[Na+]. The minimum Gasteiger partial charge on any atom is -0.575 e. The van der Waals surface area contributed by atoms with Crippen molar-refractivity contribution in [3.05, 3.63) is 83.1 Å². The number of esters is 1. The van der Waals surface area contributed by atoms with E-state index in [0.717, 1.165) is 11.1 Å². The summed E-state index contributed by atoms with van der Waals surface area (Å²) in [5.74, 6) is -3.16. The van der Waals surface area contributed by atoms with E-state index in [0.29, 0.717) is 19.3 Å². The van der Waals surface area contributed by atoms with Crippen LogP contribution >= 0.6 is 0 Å². The van der Waals surface area contributed by atoms with E-state index in [1.807, 2.05) is 30.3 Å². The zero-order valence-corrected chi connectivity index (χ0v) is 22.2. The Morgan fingerprint density at radius 1 is 1.03 bits per heavy atom. The topological polar surface area (TPSA) is 88.1 Å². The molecule has 35 heavy (non-hydrogen) atoms. The molecule has 9 heteroatoms. The largest absolute Gasteiger partial charge is 1.00 e. The van der Waals surface area contributed by atoms with Crippen LogP contribution in [0.25, 0.3) is 0 Å². The molecule has 1 fully saturated rings. The maximum absolute atomic E-state index is 13.4. The van der Waals surface area contributed by atoms with Crippen molar-refractivity contribution < 1.29 is 62.9 Å². The number of piperidine rings is 1. The van der Waals surface area contributed by atoms with E-state index in [9.17, 15) is 19.1 Å². The van der Waals surface area contributed by atoms with E-state index in [1.165, 1.54) is 26.0 Å². The molecule has 0 atom stereocenters. The third-order valence-electron chi connectivity index (χ3n) is 6.26. The molecule has 0 spiro atoms. The second-order valence-corrected chi connectivity index (χ2v) is 9.16. The normalized spacial score (nSPS) is 18.7. The molecule has 2 aromatic carbocycles. The van der Waals surface area contributed by atoms with Gasteiger partial charge in [0.25, 0.3) is 0 Å². The molecule has 0 aliphatic carbocycles. The molecule has 1 amide bonds. The van der Waals surface area contributed by atoms with Gasteiger partial charge in [0.1, 0.15) is 12.4 Å². The molecule has 0 radical (unpaired) electrons. The Bertz CT molecular complexity index is 1080. The Morgan fingerprint density at radius 3 is 2.26 bits per heavy atom. The summed E-state index contributed by atoms with van der Waals surface area (Å²) < 4.78 is 29.6. The van der Waals surface area contributed by atoms with Crippen LogP contribution in [0.1, 0.15) is 37.8 Å². The van der Waals surface area contributed by atoms with Crippen molar-refractivity contribution in [1.82, 2.24) is 4.90 Å². The fourth-order valence-electron chi connectivity index (χ4n) is 4.52. The minimum absolute atomic E-state index is 0. The summed E-state index contributed by atoms with van der Waals surface area (Å²) in [7, 11) is 0. The van der Waals surface area contributed by atoms with Gasteiger partial charge in [-0.2, -0.15) is 0 Å². The van der Waals surface area contributed by atoms with Crippen LogP contribution in [0.5, 0.6) is 0 Å². The Hall–Kier alpha value is -2.55. The fourth-order valence-corrected chi connectivity index (χ4v) is 4.52. The molecule has 2 aromatic rings. The molecular weight excluding hydrogens is 464 g/mol. The first-order chi connectivity index (χ1) is 16.2. The van der Waals surface area contributed by atoms with E-state index in [2.05, 4.69) is 0 Å². The van der Waals surface area contributed by atoms with Crippen molar-refractivity contribution >= 4 is 12.1 Å². The molecule has 2 heterocycles. The first-order valence-corrected chi connectivity index (χ1v) is 11.2. The number of carbonyl (C=O) groups is 2. The summed E-state index contributed by atoms with van der Waals surface area (Å²) in [6.07, 6.45) is 0.495. The summed E-state index contributed by atoms with van der Waals surface area (Å²) in [5, 5.41) is 12.9. The van der Waals surface area contributed by atoms with Gasteiger partial charge in [0.2, 0.25) is 0 Å². The average molecular weight is 491 g/mol. The predicted octanol–water partition coefficient (Wildman–Crippen LogP) is 0.673. The second kappa shape index (κ2) is 11.0. The summed E-state index contributed by atoms with van der Waals surface area (Å²) in [4.78, 5) is 27.1. The van der Waals surface area contributed by atoms with E-state index in [1.54, 1.807) is 17.0 Å². The molecule has 2 aliphatic rings. The molecule has 0 N–H and O–H groups in total. The number of nitrogens with zero attached hydrogens (tertiary/aromatic N) is 1. The number of hydrogen-bond acceptors (Lipinski definition) is 6. The zero-order valence-electron chi connectivity index (χ0n) is 20.2. The monoisotopic (exact) mass is 491 g/mol. The smallest absolute Gasteiger partial charge is 0.575 e. The maximum Gasteiger partial charge on any atom is 1.00 e. The van der Waals surface area contributed by atoms with Gasteiger partial charge in [-0.05, 0) is 56.4 Å². The molecule has 0 aromatic heterocycles. The first-order valence-electron chi connectivity index (χ1n) is 11.2. The number of rotatable bonds is 5. The van der Waals surface area contributed by atoms with Gasteiger partial charge >= 0.3 is 41.6 Å². The molecule has 2 aliphatic heterocycles. The van der Waals surface area contributed by atoms with Gasteiger partial charge in [-0.3, -0.25) is 0 Å². The van der Waals surface area contributed by atoms with Gasteiger partial charge in [-0.15, -0.1) is 0 Å². The van der Waals surface area contributed by atoms with Crippen LogP contribution in [0.4, 0.5) is 9.18 Å². The second-order valence-electron chi connectivity index (χ2n) is 9.16. The molecule has 4 rings (SSSR count). The number of halogens is 1. The van der Waals surface area contributed by atoms with Crippen molar-refractivity contribution in [1.29, 1.82) is 0 Å². The van der Waals surface area contributed by atoms with Gasteiger partial charge in [-0.1, -0.05) is 42.5 Å². The fraction of sp³-hybridized carbons (Fsp3) is 0.385. The number of likely N-dealkylation sites (tertiary alicyclic amines) is 1. The van der Waals surface area contributed by atoms with Crippen LogP contribution in [0.3, 0.4) is 0 Å². The van der Waals surface area contributed by atoms with E-state index in [-0.39, 0.29) is 60.6 Å². The molecule has 7 nitrogen and oxygen atoms in total. The zero-order chi connectivity index (χ0) is 24.3. The van der Waals surface area contributed by atoms with Gasteiger partial charge in [-0.25, -0.2) is 14.0 Å². The first kappa shape index (κ1) is 27.0. The Morgan fingerprint density at radius 2 is 1.66 bits per heavy atom. The third kappa shape index (κ3) is 6.37. The molecule has 0 bridgehead atoms. The molecule has 1 saturated heterocycles. The van der Waals surface area contributed by atoms with Gasteiger partial charge < -0.3 is 24.2 Å². The maximum atomic E-state index is 13.4. The Labute approximate surface area is 226 Å². The van der Waals surface area contributed by atoms with Crippen LogP contribution in [0.2, 0.25) is 0 Å². The summed E-state index contributed by atoms with van der Waals surface area (Å²) >= 11 is 0. The molecule has 180 valence electrons. The molecular formula is C26H27FNNaO6. The van der Waals surface area contributed by atoms with Crippen LogP contribution < -0.4 is 34.7 Å². The quantitative estimate of drug-likeness (QED) is 0.452. The number of carbonyl (C=O) groups excluding carboxylic acids is 2. The number of ether oxygens (including phenoxy) is 3. The summed E-state index contributed by atoms with van der Waals surface area (Å²) in [6.45, 7) is 3.71. The number of hydrogen-bond donors (Lipinski definition) is 0. The Balaban J connectivity index is 0.00000342. The van der Waals surface area contributed by atoms with Crippen molar-refractivity contribution in [2.75, 3.05) is 13.1 Å². The standard InChI is InChI=1S/C26H28FNO6.Na/c1-25(2)33-22(29)21(23(30)34-25)26(16-18-8-10-20(27)11-9-18)12-14-28(15-13-26)24(31)32-17-19-6-4-3-5-7-19;/h3-11,29H,12-17H2,1-2H3;/q;+1/p-1. The van der Waals surface area contributed by atoms with Crippen LogP contribution in [-0.2, 0) is 32.0 Å². The van der Waals surface area contributed by atoms with Crippen molar-refractivity contribution in [2.45, 2.75) is 45.5 Å². The average Bonchev–Trinajstić information content (AvgIpc) is 2.79. The van der Waals surface area contributed by atoms with E-state index in [4.69, 9.17) is 14.2 Å². The number of cyclic esters (lactones) is 1. The van der Waals surface area contributed by atoms with Crippen LogP contribution in [0.15, 0.2) is 66.1 Å². The summed E-state index contributed by atoms with van der Waals surface area (Å²) in [5.41, 5.74) is 0.663. The minimum atomic E-state index is -1.35. The third-order valence-corrected chi connectivity index (χ3v) is 6.26. The van der Waals surface area contributed by atoms with Gasteiger partial charge in [0.15, 0.2) is 5.79 Å². The Kier molecular flexibility index (Phi) is 8.51. The van der Waals surface area contributed by atoms with E-state index >= 15 is 0 Å². The predicted molar refractivity (Wildman–Crippen MR) is 118 cm³/mol. The van der Waals surface area contributed by atoms with Crippen LogP contribution in [-0.4, -0.2) is 35.8 Å².